The Kier molecular flexibility index (Phi) is 6.34. The first-order chi connectivity index (χ1) is 11.4. The van der Waals surface area contributed by atoms with Crippen molar-refractivity contribution in [2.75, 3.05) is 19.3 Å². The van der Waals surface area contributed by atoms with Gasteiger partial charge in [-0.05, 0) is 40.6 Å². The summed E-state index contributed by atoms with van der Waals surface area (Å²) in [6.07, 6.45) is 0.355. The van der Waals surface area contributed by atoms with E-state index in [2.05, 4.69) is 27.1 Å². The van der Waals surface area contributed by atoms with Gasteiger partial charge < -0.3 is 20.0 Å². The molecular formula is C16H16F2IN2O2P. The van der Waals surface area contributed by atoms with E-state index in [4.69, 9.17) is 14.9 Å². The Morgan fingerprint density at radius 2 is 1.71 bits per heavy atom. The largest absolute Gasteiger partial charge is 0.494 e. The van der Waals surface area contributed by atoms with Gasteiger partial charge in [0, 0.05) is 29.4 Å². The lowest BCUT2D eigenvalue weighted by atomic mass is 9.99. The fourth-order valence-electron chi connectivity index (χ4n) is 2.32. The maximum atomic E-state index is 14.6. The molecule has 1 atom stereocenters. The normalized spacial score (nSPS) is 10.9. The zero-order valence-corrected chi connectivity index (χ0v) is 16.4. The van der Waals surface area contributed by atoms with Gasteiger partial charge in [-0.25, -0.2) is 8.78 Å². The summed E-state index contributed by atoms with van der Waals surface area (Å²) in [6.45, 7) is 1.66. The number of rotatable bonds is 6. The van der Waals surface area contributed by atoms with Crippen molar-refractivity contribution in [2.24, 2.45) is 0 Å². The van der Waals surface area contributed by atoms with Crippen molar-refractivity contribution in [1.82, 2.24) is 0 Å². The second-order valence-corrected chi connectivity index (χ2v) is 6.95. The molecule has 0 heterocycles. The first-order valence-corrected chi connectivity index (χ1v) is 11.0. The number of benzene rings is 2. The molecule has 2 aromatic carbocycles. The van der Waals surface area contributed by atoms with Crippen molar-refractivity contribution in [3.05, 3.63) is 41.5 Å². The summed E-state index contributed by atoms with van der Waals surface area (Å²) in [7, 11) is 2.62. The molecule has 0 saturated carbocycles. The highest BCUT2D eigenvalue weighted by atomic mass is 127. The van der Waals surface area contributed by atoms with E-state index in [9.17, 15) is 8.78 Å². The Labute approximate surface area is 153 Å². The van der Waals surface area contributed by atoms with Crippen molar-refractivity contribution in [1.29, 1.82) is 5.41 Å². The highest BCUT2D eigenvalue weighted by Gasteiger charge is 2.22. The summed E-state index contributed by atoms with van der Waals surface area (Å²) < 4.78 is 39.2. The number of hydrogen-bond donors (Lipinski definition) is 2. The Morgan fingerprint density at radius 3 is 2.17 bits per heavy atom. The number of anilines is 1. The molecule has 0 aliphatic heterocycles. The first-order valence-electron chi connectivity index (χ1n) is 6.86. The van der Waals surface area contributed by atoms with E-state index in [0.29, 0.717) is 28.9 Å². The minimum absolute atomic E-state index is 0.0964. The van der Waals surface area contributed by atoms with Gasteiger partial charge in [-0.15, -0.1) is 0 Å². The molecule has 0 aliphatic rings. The van der Waals surface area contributed by atoms with Crippen LogP contribution in [0.5, 0.6) is 11.5 Å². The molecule has 0 saturated heterocycles. The topological polar surface area (TPSA) is 54.3 Å². The molecule has 0 spiro atoms. The summed E-state index contributed by atoms with van der Waals surface area (Å²) in [5.74, 6) is -1.78. The van der Waals surface area contributed by atoms with Crippen molar-refractivity contribution in [2.45, 2.75) is 6.92 Å². The Bertz CT molecular complexity index is 759. The van der Waals surface area contributed by atoms with Gasteiger partial charge in [0.1, 0.15) is 0 Å². The van der Waals surface area contributed by atoms with Crippen molar-refractivity contribution < 1.29 is 18.3 Å². The Balaban J connectivity index is 2.71. The minimum atomic E-state index is -0.794. The molecule has 128 valence electrons. The fourth-order valence-corrected chi connectivity index (χ4v) is 3.50. The van der Waals surface area contributed by atoms with E-state index < -0.39 is 11.6 Å². The fraction of sp³-hybridized carbons (Fsp3) is 0.188. The number of methoxy groups -OCH3 is 2. The van der Waals surface area contributed by atoms with E-state index in [0.717, 1.165) is 0 Å². The highest BCUT2D eigenvalue weighted by molar-refractivity contribution is 14.2. The van der Waals surface area contributed by atoms with Crippen LogP contribution in [0.3, 0.4) is 0 Å². The lowest BCUT2D eigenvalue weighted by Gasteiger charge is -2.15. The molecule has 2 N–H and O–H groups in total. The number of hydrogen-bond acceptors (Lipinski definition) is 4. The van der Waals surface area contributed by atoms with Crippen LogP contribution in [0.15, 0.2) is 24.3 Å². The van der Waals surface area contributed by atoms with Gasteiger partial charge in [0.15, 0.2) is 23.1 Å². The Morgan fingerprint density at radius 1 is 1.12 bits per heavy atom. The van der Waals surface area contributed by atoms with Crippen LogP contribution in [0, 0.1) is 17.0 Å². The van der Waals surface area contributed by atoms with E-state index >= 15 is 0 Å². The maximum Gasteiger partial charge on any atom is 0.176 e. The van der Waals surface area contributed by atoms with E-state index in [1.54, 1.807) is 25.1 Å². The van der Waals surface area contributed by atoms with Crippen molar-refractivity contribution in [3.63, 3.8) is 0 Å². The first kappa shape index (κ1) is 18.9. The molecule has 8 heteroatoms. The van der Waals surface area contributed by atoms with Gasteiger partial charge in [0.2, 0.25) is 0 Å². The van der Waals surface area contributed by atoms with Crippen LogP contribution in [0.25, 0.3) is 11.1 Å². The molecular weight excluding hydrogens is 448 g/mol. The average molecular weight is 464 g/mol. The molecule has 0 aromatic heterocycles. The maximum absolute atomic E-state index is 14.6. The third-order valence-corrected chi connectivity index (χ3v) is 4.64. The summed E-state index contributed by atoms with van der Waals surface area (Å²) in [5.41, 5.74) is 1.80. The van der Waals surface area contributed by atoms with Crippen LogP contribution in [-0.4, -0.2) is 19.9 Å². The highest BCUT2D eigenvalue weighted by Crippen LogP contribution is 2.39. The molecule has 0 radical (unpaired) electrons. The van der Waals surface area contributed by atoms with Crippen LogP contribution in [0.2, 0.25) is 0 Å². The molecule has 4 nitrogen and oxygen atoms in total. The monoisotopic (exact) mass is 464 g/mol. The minimum Gasteiger partial charge on any atom is -0.494 e. The predicted octanol–water partition coefficient (Wildman–Crippen LogP) is 5.39. The van der Waals surface area contributed by atoms with Gasteiger partial charge in [-0.3, -0.25) is 0 Å². The summed E-state index contributed by atoms with van der Waals surface area (Å²) in [4.78, 5) is 0. The Hall–Kier alpha value is -1.47. The van der Waals surface area contributed by atoms with E-state index in [1.807, 2.05) is 0 Å². The second-order valence-electron chi connectivity index (χ2n) is 4.89. The van der Waals surface area contributed by atoms with Gasteiger partial charge in [0.05, 0.1) is 19.8 Å². The SMILES string of the molecule is COc1cc(OC)c(F)c(-c2ccc(C(C)=N)c(NPI)c2)c1F. The number of ether oxygens (including phenoxy) is 2. The second kappa shape index (κ2) is 8.07. The van der Waals surface area contributed by atoms with Crippen LogP contribution in [0.1, 0.15) is 12.5 Å². The molecule has 0 bridgehead atoms. The van der Waals surface area contributed by atoms with Gasteiger partial charge in [-0.2, -0.15) is 0 Å². The van der Waals surface area contributed by atoms with Gasteiger partial charge >= 0.3 is 0 Å². The molecule has 0 fully saturated rings. The average Bonchev–Trinajstić information content (AvgIpc) is 2.55. The number of halogens is 3. The third-order valence-electron chi connectivity index (χ3n) is 3.47. The predicted molar refractivity (Wildman–Crippen MR) is 103 cm³/mol. The summed E-state index contributed by atoms with van der Waals surface area (Å²) in [5, 5.41) is 10.9. The smallest absolute Gasteiger partial charge is 0.176 e. The third kappa shape index (κ3) is 3.62. The number of nitrogens with one attached hydrogen (secondary N) is 2. The van der Waals surface area contributed by atoms with Crippen LogP contribution < -0.4 is 14.6 Å². The van der Waals surface area contributed by atoms with E-state index in [1.165, 1.54) is 20.3 Å². The van der Waals surface area contributed by atoms with Crippen LogP contribution >= 0.6 is 28.4 Å². The lowest BCUT2D eigenvalue weighted by Crippen LogP contribution is -2.01. The zero-order chi connectivity index (χ0) is 17.9. The molecule has 0 aliphatic carbocycles. The van der Waals surface area contributed by atoms with Crippen molar-refractivity contribution >= 4 is 39.8 Å². The molecule has 2 aromatic rings. The quantitative estimate of drug-likeness (QED) is 0.343. The molecule has 24 heavy (non-hydrogen) atoms. The van der Waals surface area contributed by atoms with Crippen LogP contribution in [0.4, 0.5) is 14.5 Å². The summed E-state index contributed by atoms with van der Waals surface area (Å²) in [6, 6.07) is 6.05. The standard InChI is InChI=1S/C16H16F2IN2O2P/c1-8(20)10-5-4-9(6-11(10)21-24-19)14-15(17)12(22-2)7-13(23-3)16(14)18/h4-7,20-21,24H,1-3H3. The lowest BCUT2D eigenvalue weighted by molar-refractivity contribution is 0.360. The van der Waals surface area contributed by atoms with Gasteiger partial charge in [0.25, 0.3) is 0 Å². The zero-order valence-electron chi connectivity index (χ0n) is 13.3. The van der Waals surface area contributed by atoms with Crippen LogP contribution in [-0.2, 0) is 0 Å². The molecule has 0 amide bonds. The molecule has 2 rings (SSSR count). The van der Waals surface area contributed by atoms with Gasteiger partial charge in [-0.1, -0.05) is 12.1 Å². The summed E-state index contributed by atoms with van der Waals surface area (Å²) >= 11 is 2.15. The van der Waals surface area contributed by atoms with Crippen molar-refractivity contribution in [3.8, 4) is 22.6 Å². The molecule has 1 unspecified atom stereocenters. The van der Waals surface area contributed by atoms with E-state index in [-0.39, 0.29) is 17.1 Å².